The van der Waals surface area contributed by atoms with Crippen LogP contribution in [-0.4, -0.2) is 25.6 Å². The number of ketones is 1. The van der Waals surface area contributed by atoms with Gasteiger partial charge in [-0.3, -0.25) is 14.4 Å². The van der Waals surface area contributed by atoms with E-state index in [-0.39, 0.29) is 6.61 Å². The molecule has 8 heavy (non-hydrogen) atoms. The highest BCUT2D eigenvalue weighted by Crippen LogP contribution is 1.88. The fourth-order valence-electron chi connectivity index (χ4n) is 0.302. The molecule has 0 aromatic rings. The SMILES string of the molecule is O=C1[B]OOCC1=O. The molecule has 1 radical (unpaired) electrons. The molecular weight excluding hydrogens is 111 g/mol. The third-order valence-corrected chi connectivity index (χ3v) is 0.688. The smallest absolute Gasteiger partial charge is 0.299 e. The Morgan fingerprint density at radius 2 is 2.25 bits per heavy atom. The first kappa shape index (κ1) is 5.46. The average molecular weight is 113 g/mol. The van der Waals surface area contributed by atoms with Crippen molar-refractivity contribution in [2.75, 3.05) is 6.61 Å². The molecule has 0 spiro atoms. The molecule has 1 rings (SSSR count). The summed E-state index contributed by atoms with van der Waals surface area (Å²) in [6.45, 7) is -0.269. The lowest BCUT2D eigenvalue weighted by atomic mass is 9.90. The second kappa shape index (κ2) is 2.06. The van der Waals surface area contributed by atoms with Crippen LogP contribution in [0.15, 0.2) is 0 Å². The van der Waals surface area contributed by atoms with E-state index in [1.165, 1.54) is 0 Å². The number of carbonyl (C=O) groups is 2. The third-order valence-electron chi connectivity index (χ3n) is 0.688. The van der Waals surface area contributed by atoms with Crippen LogP contribution in [0.2, 0.25) is 0 Å². The van der Waals surface area contributed by atoms with Gasteiger partial charge in [0.1, 0.15) is 6.61 Å². The molecule has 1 fully saturated rings. The summed E-state index contributed by atoms with van der Waals surface area (Å²) in [7, 11) is 0.742. The first-order valence-corrected chi connectivity index (χ1v) is 1.99. The summed E-state index contributed by atoms with van der Waals surface area (Å²) in [5.41, 5.74) is -0.642. The van der Waals surface area contributed by atoms with Crippen LogP contribution in [0, 0.1) is 0 Å². The average Bonchev–Trinajstić information content (AvgIpc) is 1.77. The zero-order valence-electron chi connectivity index (χ0n) is 3.92. The van der Waals surface area contributed by atoms with E-state index in [1.54, 1.807) is 0 Å². The fourth-order valence-corrected chi connectivity index (χ4v) is 0.302. The first-order valence-electron chi connectivity index (χ1n) is 1.99. The minimum Gasteiger partial charge on any atom is -0.299 e. The predicted octanol–water partition coefficient (Wildman–Crippen LogP) is -1.34. The number of hydrogen-bond donors (Lipinski definition) is 0. The molecule has 1 aliphatic rings. The lowest BCUT2D eigenvalue weighted by Gasteiger charge is -2.04. The summed E-state index contributed by atoms with van der Waals surface area (Å²) in [4.78, 5) is 28.6. The van der Waals surface area contributed by atoms with Crippen molar-refractivity contribution in [1.82, 2.24) is 0 Å². The van der Waals surface area contributed by atoms with Gasteiger partial charge in [-0.15, -0.1) is 0 Å². The van der Waals surface area contributed by atoms with Gasteiger partial charge in [-0.25, -0.2) is 4.89 Å². The number of rotatable bonds is 0. The van der Waals surface area contributed by atoms with E-state index in [9.17, 15) is 9.59 Å². The summed E-state index contributed by atoms with van der Waals surface area (Å²) < 4.78 is 0. The van der Waals surface area contributed by atoms with Gasteiger partial charge in [0.15, 0.2) is 5.68 Å². The van der Waals surface area contributed by atoms with Crippen molar-refractivity contribution >= 4 is 18.9 Å². The van der Waals surface area contributed by atoms with Crippen molar-refractivity contribution < 1.29 is 19.3 Å². The highest BCUT2D eigenvalue weighted by Gasteiger charge is 2.22. The molecule has 0 unspecified atom stereocenters. The highest BCUT2D eigenvalue weighted by molar-refractivity contribution is 6.85. The lowest BCUT2D eigenvalue weighted by molar-refractivity contribution is -0.214. The third kappa shape index (κ3) is 0.934. The Balaban J connectivity index is 2.52. The Morgan fingerprint density at radius 1 is 1.50 bits per heavy atom. The van der Waals surface area contributed by atoms with E-state index in [4.69, 9.17) is 0 Å². The van der Waals surface area contributed by atoms with E-state index < -0.39 is 11.5 Å². The normalized spacial score (nSPS) is 20.5. The Bertz CT molecular complexity index is 115. The van der Waals surface area contributed by atoms with Gasteiger partial charge in [0.25, 0.3) is 0 Å². The summed E-state index contributed by atoms with van der Waals surface area (Å²) >= 11 is 0. The lowest BCUT2D eigenvalue weighted by Crippen LogP contribution is -2.32. The van der Waals surface area contributed by atoms with E-state index in [0.29, 0.717) is 0 Å². The molecule has 0 bridgehead atoms. The summed E-state index contributed by atoms with van der Waals surface area (Å²) in [5, 5.41) is 0. The zero-order chi connectivity index (χ0) is 5.98. The van der Waals surface area contributed by atoms with Gasteiger partial charge in [0.05, 0.1) is 0 Å². The molecule has 0 saturated carbocycles. The molecule has 5 heteroatoms. The van der Waals surface area contributed by atoms with Crippen LogP contribution in [0.4, 0.5) is 0 Å². The van der Waals surface area contributed by atoms with Gasteiger partial charge in [-0.1, -0.05) is 0 Å². The number of hydrogen-bond acceptors (Lipinski definition) is 4. The maximum absolute atomic E-state index is 10.2. The maximum atomic E-state index is 10.2. The van der Waals surface area contributed by atoms with Crippen LogP contribution < -0.4 is 0 Å². The molecule has 0 atom stereocenters. The van der Waals surface area contributed by atoms with Crippen molar-refractivity contribution in [1.29, 1.82) is 0 Å². The zero-order valence-corrected chi connectivity index (χ0v) is 3.92. The molecule has 4 nitrogen and oxygen atoms in total. The van der Waals surface area contributed by atoms with Crippen LogP contribution in [0.5, 0.6) is 0 Å². The van der Waals surface area contributed by atoms with E-state index in [1.807, 2.05) is 0 Å². The van der Waals surface area contributed by atoms with Crippen molar-refractivity contribution in [3.63, 3.8) is 0 Å². The summed E-state index contributed by atoms with van der Waals surface area (Å²) in [6, 6.07) is 0. The van der Waals surface area contributed by atoms with Crippen LogP contribution >= 0.6 is 0 Å². The van der Waals surface area contributed by atoms with Gasteiger partial charge in [0.2, 0.25) is 5.78 Å². The van der Waals surface area contributed by atoms with Crippen molar-refractivity contribution in [3.8, 4) is 0 Å². The fraction of sp³-hybridized carbons (Fsp3) is 0.333. The van der Waals surface area contributed by atoms with Crippen LogP contribution in [0.3, 0.4) is 0 Å². The number of Topliss-reactive ketones (excluding diaryl/α,β-unsaturated/α-hetero) is 1. The Kier molecular flexibility index (Phi) is 1.41. The Hall–Kier alpha value is -0.675. The second-order valence-electron chi connectivity index (χ2n) is 1.26. The quantitative estimate of drug-likeness (QED) is 0.221. The van der Waals surface area contributed by atoms with Crippen molar-refractivity contribution in [3.05, 3.63) is 0 Å². The molecule has 0 aliphatic carbocycles. The number of carbonyl (C=O) groups excluding carboxylic acids is 2. The topological polar surface area (TPSA) is 52.6 Å². The van der Waals surface area contributed by atoms with Gasteiger partial charge >= 0.3 is 7.48 Å². The second-order valence-corrected chi connectivity index (χ2v) is 1.26. The van der Waals surface area contributed by atoms with E-state index >= 15 is 0 Å². The van der Waals surface area contributed by atoms with E-state index in [0.717, 1.165) is 7.48 Å². The molecule has 0 aromatic heterocycles. The van der Waals surface area contributed by atoms with Crippen molar-refractivity contribution in [2.24, 2.45) is 0 Å². The predicted molar refractivity (Wildman–Crippen MR) is 22.8 cm³/mol. The first-order chi connectivity index (χ1) is 3.80. The Labute approximate surface area is 46.0 Å². The van der Waals surface area contributed by atoms with Crippen LogP contribution in [0.1, 0.15) is 0 Å². The van der Waals surface area contributed by atoms with Crippen molar-refractivity contribution in [2.45, 2.75) is 0 Å². The molecular formula is C3H2BO4. The molecule has 1 aliphatic heterocycles. The minimum atomic E-state index is -0.642. The monoisotopic (exact) mass is 113 g/mol. The van der Waals surface area contributed by atoms with Crippen LogP contribution in [0.25, 0.3) is 0 Å². The van der Waals surface area contributed by atoms with Gasteiger partial charge in [-0.2, -0.15) is 0 Å². The van der Waals surface area contributed by atoms with E-state index in [2.05, 4.69) is 9.69 Å². The van der Waals surface area contributed by atoms with Gasteiger partial charge < -0.3 is 0 Å². The van der Waals surface area contributed by atoms with Gasteiger partial charge in [-0.05, 0) is 0 Å². The molecule has 41 valence electrons. The molecule has 0 amide bonds. The molecule has 0 N–H and O–H groups in total. The molecule has 0 aromatic carbocycles. The maximum Gasteiger partial charge on any atom is 0.436 e. The molecule has 1 heterocycles. The standard InChI is InChI=1S/C3H2BO4/c5-2-1-7-8-4-3(2)6/h1H2. The van der Waals surface area contributed by atoms with Gasteiger partial charge in [0, 0.05) is 0 Å². The summed E-state index contributed by atoms with van der Waals surface area (Å²) in [6.07, 6.45) is 0. The largest absolute Gasteiger partial charge is 0.436 e. The summed E-state index contributed by atoms with van der Waals surface area (Å²) in [5.74, 6) is -0.573. The highest BCUT2D eigenvalue weighted by atomic mass is 17.2. The molecule has 1 saturated heterocycles. The Morgan fingerprint density at radius 3 is 2.62 bits per heavy atom. The van der Waals surface area contributed by atoms with Crippen LogP contribution in [-0.2, 0) is 19.3 Å². The minimum absolute atomic E-state index is 0.269.